The molecule has 0 spiro atoms. The number of aromatic nitrogens is 1. The lowest BCUT2D eigenvalue weighted by molar-refractivity contribution is -0.157. The number of carboxylic acids is 1. The van der Waals surface area contributed by atoms with Gasteiger partial charge < -0.3 is 20.4 Å². The summed E-state index contributed by atoms with van der Waals surface area (Å²) in [6.45, 7) is 1.15. The number of benzene rings is 1. The minimum atomic E-state index is -2.39. The van der Waals surface area contributed by atoms with Crippen LogP contribution >= 0.6 is 0 Å². The molecule has 1 aromatic carbocycles. The maximum atomic E-state index is 11.5. The maximum Gasteiger partial charge on any atom is 0.359 e. The van der Waals surface area contributed by atoms with Gasteiger partial charge in [0.15, 0.2) is 0 Å². The van der Waals surface area contributed by atoms with Crippen molar-refractivity contribution in [2.24, 2.45) is 4.99 Å². The Morgan fingerprint density at radius 2 is 2.00 bits per heavy atom. The zero-order chi connectivity index (χ0) is 17.7. The summed E-state index contributed by atoms with van der Waals surface area (Å²) in [6, 6.07) is 8.58. The highest BCUT2D eigenvalue weighted by atomic mass is 16.4. The molecule has 1 atom stereocenters. The van der Waals surface area contributed by atoms with Crippen LogP contribution in [0.1, 0.15) is 22.4 Å². The van der Waals surface area contributed by atoms with E-state index in [0.29, 0.717) is 11.3 Å². The Kier molecular flexibility index (Phi) is 5.28. The number of rotatable bonds is 6. The first kappa shape index (κ1) is 17.6. The van der Waals surface area contributed by atoms with Crippen LogP contribution in [-0.2, 0) is 17.8 Å². The van der Waals surface area contributed by atoms with Crippen LogP contribution < -0.4 is 0 Å². The second-order valence-corrected chi connectivity index (χ2v) is 5.33. The quantitative estimate of drug-likeness (QED) is 0.586. The summed E-state index contributed by atoms with van der Waals surface area (Å²) in [5.74, 6) is -1.74. The van der Waals surface area contributed by atoms with Gasteiger partial charge in [-0.15, -0.1) is 0 Å². The highest BCUT2D eigenvalue weighted by molar-refractivity contribution is 5.88. The first-order valence-electron chi connectivity index (χ1n) is 7.20. The van der Waals surface area contributed by atoms with Gasteiger partial charge >= 0.3 is 5.97 Å². The molecule has 0 saturated carbocycles. The Morgan fingerprint density at radius 3 is 2.58 bits per heavy atom. The van der Waals surface area contributed by atoms with Crippen LogP contribution in [0.15, 0.2) is 41.5 Å². The van der Waals surface area contributed by atoms with Gasteiger partial charge in [0.25, 0.3) is 5.72 Å². The monoisotopic (exact) mass is 330 g/mol. The third-order valence-electron chi connectivity index (χ3n) is 3.57. The standard InChI is InChI=1S/C17H18N2O5/c1-11-15(21)14(13(10-20)8-18-11)9-19-17(24,16(22)23)7-12-5-3-2-4-6-12/h2-6,8-9,20-21,24H,7,10H2,1H3,(H,22,23)/t17-/m1/s1. The van der Waals surface area contributed by atoms with Crippen molar-refractivity contribution in [3.63, 3.8) is 0 Å². The van der Waals surface area contributed by atoms with E-state index in [0.717, 1.165) is 6.21 Å². The molecule has 0 saturated heterocycles. The van der Waals surface area contributed by atoms with E-state index >= 15 is 0 Å². The highest BCUT2D eigenvalue weighted by Gasteiger charge is 2.35. The highest BCUT2D eigenvalue weighted by Crippen LogP contribution is 2.23. The zero-order valence-corrected chi connectivity index (χ0v) is 13.0. The molecule has 4 N–H and O–H groups in total. The SMILES string of the molecule is Cc1ncc(CO)c(C=N[C@@](O)(Cc2ccccc2)C(=O)O)c1O. The minimum absolute atomic E-state index is 0.123. The lowest BCUT2D eigenvalue weighted by Crippen LogP contribution is -2.39. The lowest BCUT2D eigenvalue weighted by atomic mass is 10.0. The van der Waals surface area contributed by atoms with Crippen molar-refractivity contribution >= 4 is 12.2 Å². The van der Waals surface area contributed by atoms with Gasteiger partial charge in [-0.1, -0.05) is 30.3 Å². The van der Waals surface area contributed by atoms with Crippen molar-refractivity contribution in [2.75, 3.05) is 0 Å². The summed E-state index contributed by atoms with van der Waals surface area (Å²) in [5, 5.41) is 39.1. The van der Waals surface area contributed by atoms with Gasteiger partial charge in [-0.25, -0.2) is 9.79 Å². The molecular formula is C17H18N2O5. The van der Waals surface area contributed by atoms with Crippen LogP contribution in [0.3, 0.4) is 0 Å². The molecule has 7 heteroatoms. The van der Waals surface area contributed by atoms with Crippen LogP contribution in [0.5, 0.6) is 5.75 Å². The second-order valence-electron chi connectivity index (χ2n) is 5.33. The number of aromatic hydroxyl groups is 1. The molecule has 24 heavy (non-hydrogen) atoms. The first-order chi connectivity index (χ1) is 11.4. The summed E-state index contributed by atoms with van der Waals surface area (Å²) in [4.78, 5) is 19.1. The molecule has 0 aliphatic heterocycles. The molecule has 0 bridgehead atoms. The molecule has 1 aromatic heterocycles. The molecule has 2 rings (SSSR count). The summed E-state index contributed by atoms with van der Waals surface area (Å²) in [6.07, 6.45) is 2.17. The van der Waals surface area contributed by atoms with Crippen LogP contribution in [0, 0.1) is 6.92 Å². The summed E-state index contributed by atoms with van der Waals surface area (Å²) < 4.78 is 0. The van der Waals surface area contributed by atoms with Crippen LogP contribution in [-0.4, -0.2) is 43.3 Å². The van der Waals surface area contributed by atoms with E-state index < -0.39 is 18.3 Å². The summed E-state index contributed by atoms with van der Waals surface area (Å²) in [7, 11) is 0. The predicted molar refractivity (Wildman–Crippen MR) is 86.9 cm³/mol. The van der Waals surface area contributed by atoms with E-state index in [2.05, 4.69) is 9.98 Å². The van der Waals surface area contributed by atoms with Gasteiger partial charge in [-0.3, -0.25) is 4.98 Å². The second kappa shape index (κ2) is 7.20. The number of aliphatic hydroxyl groups excluding tert-OH is 1. The van der Waals surface area contributed by atoms with E-state index in [1.54, 1.807) is 37.3 Å². The molecule has 126 valence electrons. The Morgan fingerprint density at radius 1 is 1.33 bits per heavy atom. The Balaban J connectivity index is 2.39. The van der Waals surface area contributed by atoms with E-state index in [1.807, 2.05) is 0 Å². The third-order valence-corrected chi connectivity index (χ3v) is 3.57. The van der Waals surface area contributed by atoms with Crippen molar-refractivity contribution < 1.29 is 25.2 Å². The number of pyridine rings is 1. The Hall–Kier alpha value is -2.77. The molecule has 2 aromatic rings. The molecule has 0 amide bonds. The molecule has 0 unspecified atom stereocenters. The van der Waals surface area contributed by atoms with E-state index in [-0.39, 0.29) is 23.3 Å². The predicted octanol–water partition coefficient (Wildman–Crippen LogP) is 1.02. The van der Waals surface area contributed by atoms with Gasteiger partial charge in [-0.2, -0.15) is 0 Å². The zero-order valence-electron chi connectivity index (χ0n) is 13.0. The molecule has 0 fully saturated rings. The van der Waals surface area contributed by atoms with Crippen molar-refractivity contribution in [3.8, 4) is 5.75 Å². The van der Waals surface area contributed by atoms with E-state index in [1.165, 1.54) is 6.20 Å². The van der Waals surface area contributed by atoms with Gasteiger partial charge in [0.1, 0.15) is 5.75 Å². The topological polar surface area (TPSA) is 123 Å². The van der Waals surface area contributed by atoms with Gasteiger partial charge in [0.2, 0.25) is 0 Å². The molecule has 7 nitrogen and oxygen atoms in total. The van der Waals surface area contributed by atoms with Crippen molar-refractivity contribution in [1.82, 2.24) is 4.98 Å². The number of aliphatic carboxylic acids is 1. The van der Waals surface area contributed by atoms with Crippen molar-refractivity contribution in [3.05, 3.63) is 58.9 Å². The minimum Gasteiger partial charge on any atom is -0.505 e. The number of hydrogen-bond donors (Lipinski definition) is 4. The van der Waals surface area contributed by atoms with Crippen molar-refractivity contribution in [1.29, 1.82) is 0 Å². The van der Waals surface area contributed by atoms with Gasteiger partial charge in [0.05, 0.1) is 12.3 Å². The molecule has 0 aliphatic rings. The molecule has 0 radical (unpaired) electrons. The largest absolute Gasteiger partial charge is 0.505 e. The molecule has 0 aliphatic carbocycles. The number of carbonyl (C=O) groups is 1. The average molecular weight is 330 g/mol. The number of aliphatic imine (C=N–C) groups is 1. The van der Waals surface area contributed by atoms with E-state index in [4.69, 9.17) is 0 Å². The lowest BCUT2D eigenvalue weighted by Gasteiger charge is -2.19. The molecule has 1 heterocycles. The van der Waals surface area contributed by atoms with Crippen molar-refractivity contribution in [2.45, 2.75) is 25.7 Å². The summed E-state index contributed by atoms with van der Waals surface area (Å²) >= 11 is 0. The van der Waals surface area contributed by atoms with Gasteiger partial charge in [0, 0.05) is 30.0 Å². The van der Waals surface area contributed by atoms with Crippen LogP contribution in [0.25, 0.3) is 0 Å². The third kappa shape index (κ3) is 3.76. The Bertz CT molecular complexity index is 761. The number of aliphatic hydroxyl groups is 2. The maximum absolute atomic E-state index is 11.5. The number of hydrogen-bond acceptors (Lipinski definition) is 6. The average Bonchev–Trinajstić information content (AvgIpc) is 2.57. The fraction of sp³-hybridized carbons (Fsp3) is 0.235. The first-order valence-corrected chi connectivity index (χ1v) is 7.20. The van der Waals surface area contributed by atoms with Gasteiger partial charge in [-0.05, 0) is 12.5 Å². The number of aryl methyl sites for hydroxylation is 1. The fourth-order valence-electron chi connectivity index (χ4n) is 2.15. The van der Waals surface area contributed by atoms with Crippen LogP contribution in [0.4, 0.5) is 0 Å². The number of nitrogens with zero attached hydrogens (tertiary/aromatic N) is 2. The molecular weight excluding hydrogens is 312 g/mol. The normalized spacial score (nSPS) is 13.8. The fourth-order valence-corrected chi connectivity index (χ4v) is 2.15. The Labute approximate surface area is 138 Å². The number of carboxylic acid groups (broad SMARTS) is 1. The summed E-state index contributed by atoms with van der Waals surface area (Å²) in [5.41, 5.74) is -1.10. The van der Waals surface area contributed by atoms with E-state index in [9.17, 15) is 25.2 Å². The van der Waals surface area contributed by atoms with Crippen LogP contribution in [0.2, 0.25) is 0 Å². The smallest absolute Gasteiger partial charge is 0.359 e.